The first-order valence-electron chi connectivity index (χ1n) is 6.33. The Hall–Kier alpha value is -0.820. The molecule has 0 fully saturated rings. The molecular formula is C14H17ClINO3. The SMILES string of the molecule is CCC(CC)(CNC(=O)c1cc(Cl)ccc1I)C(=O)O. The van der Waals surface area contributed by atoms with Crippen molar-refractivity contribution in [2.45, 2.75) is 26.7 Å². The number of nitrogens with one attached hydrogen (secondary N) is 1. The van der Waals surface area contributed by atoms with Crippen LogP contribution in [0.15, 0.2) is 18.2 Å². The number of halogens is 2. The lowest BCUT2D eigenvalue weighted by atomic mass is 9.82. The number of rotatable bonds is 6. The number of hydrogen-bond donors (Lipinski definition) is 2. The van der Waals surface area contributed by atoms with Crippen molar-refractivity contribution in [2.75, 3.05) is 6.54 Å². The van der Waals surface area contributed by atoms with E-state index >= 15 is 0 Å². The van der Waals surface area contributed by atoms with Gasteiger partial charge < -0.3 is 10.4 Å². The molecule has 0 saturated heterocycles. The van der Waals surface area contributed by atoms with E-state index in [1.54, 1.807) is 18.2 Å². The van der Waals surface area contributed by atoms with Gasteiger partial charge in [0.2, 0.25) is 0 Å². The molecule has 0 aromatic heterocycles. The molecule has 20 heavy (non-hydrogen) atoms. The Labute approximate surface area is 137 Å². The van der Waals surface area contributed by atoms with Crippen LogP contribution in [0.3, 0.4) is 0 Å². The van der Waals surface area contributed by atoms with Crippen molar-refractivity contribution in [1.29, 1.82) is 0 Å². The lowest BCUT2D eigenvalue weighted by Crippen LogP contribution is -2.42. The third kappa shape index (κ3) is 3.85. The summed E-state index contributed by atoms with van der Waals surface area (Å²) in [5.74, 6) is -1.19. The van der Waals surface area contributed by atoms with E-state index in [1.165, 1.54) is 0 Å². The van der Waals surface area contributed by atoms with Crippen LogP contribution in [-0.4, -0.2) is 23.5 Å². The molecule has 2 N–H and O–H groups in total. The average molecular weight is 410 g/mol. The Morgan fingerprint density at radius 1 is 1.35 bits per heavy atom. The van der Waals surface area contributed by atoms with Gasteiger partial charge in [0.25, 0.3) is 5.91 Å². The summed E-state index contributed by atoms with van der Waals surface area (Å²) in [5.41, 5.74) is -0.454. The van der Waals surface area contributed by atoms with Crippen LogP contribution in [0.4, 0.5) is 0 Å². The summed E-state index contributed by atoms with van der Waals surface area (Å²) < 4.78 is 0.776. The first kappa shape index (κ1) is 17.2. The van der Waals surface area contributed by atoms with Gasteiger partial charge in [-0.25, -0.2) is 0 Å². The Morgan fingerprint density at radius 3 is 2.45 bits per heavy atom. The van der Waals surface area contributed by atoms with Crippen molar-refractivity contribution >= 4 is 46.1 Å². The van der Waals surface area contributed by atoms with E-state index in [9.17, 15) is 14.7 Å². The van der Waals surface area contributed by atoms with Gasteiger partial charge in [0.1, 0.15) is 0 Å². The molecule has 0 heterocycles. The summed E-state index contributed by atoms with van der Waals surface area (Å²) in [6.45, 7) is 3.73. The van der Waals surface area contributed by atoms with Crippen molar-refractivity contribution in [1.82, 2.24) is 5.32 Å². The molecule has 0 aliphatic rings. The van der Waals surface area contributed by atoms with Gasteiger partial charge in [0, 0.05) is 15.1 Å². The summed E-state index contributed by atoms with van der Waals surface area (Å²) in [6.07, 6.45) is 0.928. The van der Waals surface area contributed by atoms with Gasteiger partial charge in [-0.3, -0.25) is 9.59 Å². The van der Waals surface area contributed by atoms with E-state index in [4.69, 9.17) is 11.6 Å². The molecule has 0 aliphatic heterocycles. The topological polar surface area (TPSA) is 66.4 Å². The molecule has 0 aliphatic carbocycles. The lowest BCUT2D eigenvalue weighted by molar-refractivity contribution is -0.149. The smallest absolute Gasteiger partial charge is 0.311 e. The molecule has 1 rings (SSSR count). The van der Waals surface area contributed by atoms with E-state index < -0.39 is 11.4 Å². The second-order valence-electron chi connectivity index (χ2n) is 4.60. The van der Waals surface area contributed by atoms with Crippen LogP contribution in [0.25, 0.3) is 0 Å². The maximum absolute atomic E-state index is 12.2. The van der Waals surface area contributed by atoms with Crippen LogP contribution < -0.4 is 5.32 Å². The first-order valence-corrected chi connectivity index (χ1v) is 7.78. The highest BCUT2D eigenvalue weighted by molar-refractivity contribution is 14.1. The summed E-state index contributed by atoms with van der Waals surface area (Å²) in [5, 5.41) is 12.5. The van der Waals surface area contributed by atoms with E-state index in [2.05, 4.69) is 5.32 Å². The lowest BCUT2D eigenvalue weighted by Gasteiger charge is -2.26. The van der Waals surface area contributed by atoms with Gasteiger partial charge in [-0.05, 0) is 53.6 Å². The van der Waals surface area contributed by atoms with Gasteiger partial charge in [0.05, 0.1) is 11.0 Å². The minimum Gasteiger partial charge on any atom is -0.481 e. The van der Waals surface area contributed by atoms with Crippen molar-refractivity contribution < 1.29 is 14.7 Å². The fraction of sp³-hybridized carbons (Fsp3) is 0.429. The first-order chi connectivity index (χ1) is 9.36. The second-order valence-corrected chi connectivity index (χ2v) is 6.20. The summed E-state index contributed by atoms with van der Waals surface area (Å²) in [4.78, 5) is 23.5. The maximum atomic E-state index is 12.2. The third-order valence-electron chi connectivity index (χ3n) is 3.57. The Balaban J connectivity index is 2.86. The van der Waals surface area contributed by atoms with Crippen LogP contribution in [0.5, 0.6) is 0 Å². The maximum Gasteiger partial charge on any atom is 0.311 e. The molecule has 0 radical (unpaired) electrons. The zero-order valence-corrected chi connectivity index (χ0v) is 14.3. The zero-order chi connectivity index (χ0) is 15.3. The summed E-state index contributed by atoms with van der Waals surface area (Å²) >= 11 is 7.93. The molecule has 4 nitrogen and oxygen atoms in total. The highest BCUT2D eigenvalue weighted by atomic mass is 127. The highest BCUT2D eigenvalue weighted by Gasteiger charge is 2.35. The standard InChI is InChI=1S/C14H17ClINO3/c1-3-14(4-2,13(19)20)8-17-12(18)10-7-9(15)5-6-11(10)16/h5-7H,3-4,8H2,1-2H3,(H,17,18)(H,19,20). The number of carboxylic acid groups (broad SMARTS) is 1. The molecule has 0 atom stereocenters. The van der Waals surface area contributed by atoms with Crippen LogP contribution in [-0.2, 0) is 4.79 Å². The minimum atomic E-state index is -0.917. The zero-order valence-electron chi connectivity index (χ0n) is 11.4. The predicted molar refractivity (Wildman–Crippen MR) is 87.2 cm³/mol. The fourth-order valence-electron chi connectivity index (χ4n) is 1.89. The average Bonchev–Trinajstić information content (AvgIpc) is 2.42. The molecule has 0 bridgehead atoms. The van der Waals surface area contributed by atoms with Crippen LogP contribution in [0.2, 0.25) is 5.02 Å². The number of hydrogen-bond acceptors (Lipinski definition) is 2. The predicted octanol–water partition coefficient (Wildman–Crippen LogP) is 3.57. The van der Waals surface area contributed by atoms with Gasteiger partial charge in [-0.15, -0.1) is 0 Å². The van der Waals surface area contributed by atoms with E-state index in [0.29, 0.717) is 23.4 Å². The largest absolute Gasteiger partial charge is 0.481 e. The Kier molecular flexibility index (Phi) is 6.26. The van der Waals surface area contributed by atoms with Crippen LogP contribution in [0.1, 0.15) is 37.0 Å². The Bertz CT molecular complexity index is 515. The molecule has 110 valence electrons. The number of aliphatic carboxylic acids is 1. The number of carboxylic acids is 1. The van der Waals surface area contributed by atoms with E-state index in [0.717, 1.165) is 3.57 Å². The quantitative estimate of drug-likeness (QED) is 0.706. The van der Waals surface area contributed by atoms with Crippen LogP contribution >= 0.6 is 34.2 Å². The molecule has 0 spiro atoms. The Morgan fingerprint density at radius 2 is 1.95 bits per heavy atom. The fourth-order valence-corrected chi connectivity index (χ4v) is 2.65. The van der Waals surface area contributed by atoms with Gasteiger partial charge >= 0.3 is 5.97 Å². The number of carbonyl (C=O) groups excluding carboxylic acids is 1. The molecular weight excluding hydrogens is 393 g/mol. The molecule has 6 heteroatoms. The normalized spacial score (nSPS) is 11.2. The van der Waals surface area contributed by atoms with Gasteiger partial charge in [-0.2, -0.15) is 0 Å². The van der Waals surface area contributed by atoms with Crippen molar-refractivity contribution in [3.63, 3.8) is 0 Å². The van der Waals surface area contributed by atoms with Crippen molar-refractivity contribution in [2.24, 2.45) is 5.41 Å². The summed E-state index contributed by atoms with van der Waals surface area (Å²) in [6, 6.07) is 5.04. The molecule has 0 saturated carbocycles. The molecule has 1 aromatic carbocycles. The summed E-state index contributed by atoms with van der Waals surface area (Å²) in [7, 11) is 0. The van der Waals surface area contributed by atoms with Crippen molar-refractivity contribution in [3.05, 3.63) is 32.4 Å². The molecule has 0 unspecified atom stereocenters. The monoisotopic (exact) mass is 409 g/mol. The van der Waals surface area contributed by atoms with Crippen molar-refractivity contribution in [3.8, 4) is 0 Å². The molecule has 1 amide bonds. The highest BCUT2D eigenvalue weighted by Crippen LogP contribution is 2.26. The number of carbonyl (C=O) groups is 2. The van der Waals surface area contributed by atoms with Gasteiger partial charge in [0.15, 0.2) is 0 Å². The molecule has 1 aromatic rings. The van der Waals surface area contributed by atoms with Gasteiger partial charge in [-0.1, -0.05) is 25.4 Å². The number of benzene rings is 1. The van der Waals surface area contributed by atoms with E-state index in [1.807, 2.05) is 36.4 Å². The number of amides is 1. The minimum absolute atomic E-state index is 0.108. The third-order valence-corrected chi connectivity index (χ3v) is 4.74. The van der Waals surface area contributed by atoms with Crippen LogP contribution in [0, 0.1) is 8.99 Å². The van der Waals surface area contributed by atoms with E-state index in [-0.39, 0.29) is 12.5 Å². The second kappa shape index (κ2) is 7.26.